The van der Waals surface area contributed by atoms with Crippen molar-refractivity contribution in [2.24, 2.45) is 5.41 Å². The van der Waals surface area contributed by atoms with Gasteiger partial charge in [0.05, 0.1) is 14.2 Å². The Balaban J connectivity index is 1.93. The summed E-state index contributed by atoms with van der Waals surface area (Å²) in [6.45, 7) is 1.55. The molecule has 0 spiro atoms. The molecule has 5 rings (SSSR count). The highest BCUT2D eigenvalue weighted by atomic mass is 79.9. The molecular weight excluding hydrogens is 636 g/mol. The largest absolute Gasteiger partial charge is 0.468 e. The molecule has 0 fully saturated rings. The summed E-state index contributed by atoms with van der Waals surface area (Å²) >= 11 is 3.52. The quantitative estimate of drug-likeness (QED) is 0.125. The SMILES string of the molecule is COC(=O)C1(C(=O)OC)C/C(=C(/CCC(C)=O)c2ccc(Br)cc2)c2c(oc(-c3ccccc3)c2C(OC)c2ccccc2)C1. The number of fused-ring (bicyclic) bond motifs is 1. The van der Waals surface area contributed by atoms with Crippen LogP contribution in [-0.2, 0) is 35.0 Å². The van der Waals surface area contributed by atoms with E-state index in [0.717, 1.165) is 37.9 Å². The summed E-state index contributed by atoms with van der Waals surface area (Å²) in [7, 11) is 4.17. The number of carbonyl (C=O) groups excluding carboxylic acids is 3. The van der Waals surface area contributed by atoms with Crippen LogP contribution < -0.4 is 0 Å². The maximum absolute atomic E-state index is 13.6. The summed E-state index contributed by atoms with van der Waals surface area (Å²) in [6, 6.07) is 27.3. The smallest absolute Gasteiger partial charge is 0.324 e. The van der Waals surface area contributed by atoms with Gasteiger partial charge in [0.1, 0.15) is 23.4 Å². The Morgan fingerprint density at radius 2 is 1.42 bits per heavy atom. The van der Waals surface area contributed by atoms with Gasteiger partial charge in [-0.1, -0.05) is 88.7 Å². The normalized spacial score (nSPS) is 15.5. The molecular formula is C37H35BrO7. The molecule has 1 aliphatic carbocycles. The second-order valence-corrected chi connectivity index (χ2v) is 12.0. The van der Waals surface area contributed by atoms with E-state index >= 15 is 0 Å². The van der Waals surface area contributed by atoms with Gasteiger partial charge in [0.15, 0.2) is 5.41 Å². The first-order valence-electron chi connectivity index (χ1n) is 14.7. The molecule has 45 heavy (non-hydrogen) atoms. The number of halogens is 1. The number of Topliss-reactive ketones (excluding diaryl/α,β-unsaturated/α-hetero) is 1. The maximum Gasteiger partial charge on any atom is 0.324 e. The summed E-state index contributed by atoms with van der Waals surface area (Å²) in [4.78, 5) is 39.6. The lowest BCUT2D eigenvalue weighted by atomic mass is 9.68. The van der Waals surface area contributed by atoms with Crippen LogP contribution >= 0.6 is 15.9 Å². The lowest BCUT2D eigenvalue weighted by Crippen LogP contribution is -2.45. The third-order valence-electron chi connectivity index (χ3n) is 8.33. The molecule has 7 nitrogen and oxygen atoms in total. The van der Waals surface area contributed by atoms with Gasteiger partial charge in [-0.3, -0.25) is 9.59 Å². The molecule has 1 atom stereocenters. The standard InChI is InChI=1S/C37H35BrO7/c1-23(39)15-20-28(24-16-18-27(38)19-17-24)29-21-37(35(40)43-3,36(41)44-4)22-30-31(29)32(33(42-2)25-11-7-5-8-12-25)34(45-30)26-13-9-6-10-14-26/h5-14,16-19,33H,15,20-22H2,1-4H3/b29-28+. The molecule has 0 saturated heterocycles. The van der Waals surface area contributed by atoms with E-state index in [1.165, 1.54) is 14.2 Å². The molecule has 0 aliphatic heterocycles. The van der Waals surface area contributed by atoms with Crippen LogP contribution in [0.3, 0.4) is 0 Å². The number of esters is 2. The Kier molecular flexibility index (Phi) is 9.85. The molecule has 0 bridgehead atoms. The number of allylic oxidation sites excluding steroid dienone is 2. The maximum atomic E-state index is 13.6. The molecule has 1 heterocycles. The van der Waals surface area contributed by atoms with Crippen molar-refractivity contribution in [2.45, 2.75) is 38.7 Å². The minimum Gasteiger partial charge on any atom is -0.468 e. The van der Waals surface area contributed by atoms with Crippen LogP contribution in [0.4, 0.5) is 0 Å². The highest BCUT2D eigenvalue weighted by Gasteiger charge is 2.54. The molecule has 1 aromatic heterocycles. The minimum atomic E-state index is -1.71. The number of furan rings is 1. The van der Waals surface area contributed by atoms with E-state index in [4.69, 9.17) is 18.6 Å². The van der Waals surface area contributed by atoms with Crippen LogP contribution in [-0.4, -0.2) is 39.1 Å². The third-order valence-corrected chi connectivity index (χ3v) is 8.86. The van der Waals surface area contributed by atoms with Crippen molar-refractivity contribution < 1.29 is 33.0 Å². The van der Waals surface area contributed by atoms with Gasteiger partial charge in [-0.15, -0.1) is 0 Å². The number of carbonyl (C=O) groups is 3. The predicted molar refractivity (Wildman–Crippen MR) is 175 cm³/mol. The number of hydrogen-bond acceptors (Lipinski definition) is 7. The fourth-order valence-corrected chi connectivity index (χ4v) is 6.48. The van der Waals surface area contributed by atoms with E-state index in [1.807, 2.05) is 84.9 Å². The minimum absolute atomic E-state index is 0.0184. The molecule has 0 radical (unpaired) electrons. The molecule has 4 aromatic rings. The van der Waals surface area contributed by atoms with Crippen LogP contribution in [0.5, 0.6) is 0 Å². The number of hydrogen-bond donors (Lipinski definition) is 0. The van der Waals surface area contributed by atoms with E-state index in [1.54, 1.807) is 14.0 Å². The van der Waals surface area contributed by atoms with Crippen molar-refractivity contribution in [1.82, 2.24) is 0 Å². The van der Waals surface area contributed by atoms with Crippen molar-refractivity contribution >= 4 is 44.8 Å². The molecule has 1 aliphatic rings. The molecule has 0 saturated carbocycles. The molecule has 1 unspecified atom stereocenters. The van der Waals surface area contributed by atoms with Crippen molar-refractivity contribution in [3.8, 4) is 11.3 Å². The van der Waals surface area contributed by atoms with Crippen LogP contribution in [0.1, 0.15) is 60.3 Å². The van der Waals surface area contributed by atoms with Crippen molar-refractivity contribution in [3.05, 3.63) is 117 Å². The van der Waals surface area contributed by atoms with Gasteiger partial charge in [-0.05, 0) is 47.8 Å². The second kappa shape index (κ2) is 13.8. The second-order valence-electron chi connectivity index (χ2n) is 11.1. The summed E-state index contributed by atoms with van der Waals surface area (Å²) in [5.74, 6) is -0.406. The van der Waals surface area contributed by atoms with Gasteiger partial charge >= 0.3 is 11.9 Å². The average molecular weight is 672 g/mol. The van der Waals surface area contributed by atoms with Gasteiger partial charge in [0, 0.05) is 47.5 Å². The fourth-order valence-electron chi connectivity index (χ4n) is 6.22. The van der Waals surface area contributed by atoms with Crippen molar-refractivity contribution in [1.29, 1.82) is 0 Å². The monoisotopic (exact) mass is 670 g/mol. The molecule has 8 heteroatoms. The van der Waals surface area contributed by atoms with Crippen molar-refractivity contribution in [2.75, 3.05) is 21.3 Å². The topological polar surface area (TPSA) is 92.0 Å². The lowest BCUT2D eigenvalue weighted by Gasteiger charge is -2.34. The zero-order valence-electron chi connectivity index (χ0n) is 25.7. The summed E-state index contributed by atoms with van der Waals surface area (Å²) < 4.78 is 24.3. The fraction of sp³-hybridized carbons (Fsp3) is 0.270. The molecule has 0 amide bonds. The van der Waals surface area contributed by atoms with Gasteiger partial charge in [0.25, 0.3) is 0 Å². The predicted octanol–water partition coefficient (Wildman–Crippen LogP) is 8.00. The Bertz CT molecular complexity index is 1700. The highest BCUT2D eigenvalue weighted by molar-refractivity contribution is 9.10. The lowest BCUT2D eigenvalue weighted by molar-refractivity contribution is -0.169. The van der Waals surface area contributed by atoms with E-state index in [0.29, 0.717) is 23.5 Å². The van der Waals surface area contributed by atoms with Crippen LogP contribution in [0.15, 0.2) is 93.8 Å². The van der Waals surface area contributed by atoms with Crippen LogP contribution in [0.25, 0.3) is 22.5 Å². The van der Waals surface area contributed by atoms with Crippen molar-refractivity contribution in [3.63, 3.8) is 0 Å². The summed E-state index contributed by atoms with van der Waals surface area (Å²) in [5.41, 5.74) is 3.93. The Morgan fingerprint density at radius 3 is 1.98 bits per heavy atom. The molecule has 0 N–H and O–H groups in total. The number of ketones is 1. The zero-order chi connectivity index (χ0) is 32.1. The van der Waals surface area contributed by atoms with E-state index < -0.39 is 23.5 Å². The van der Waals surface area contributed by atoms with Gasteiger partial charge < -0.3 is 23.4 Å². The summed E-state index contributed by atoms with van der Waals surface area (Å²) in [5, 5.41) is 0. The Morgan fingerprint density at radius 1 is 0.822 bits per heavy atom. The van der Waals surface area contributed by atoms with Gasteiger partial charge in [-0.25, -0.2) is 0 Å². The molecule has 3 aromatic carbocycles. The number of rotatable bonds is 10. The summed E-state index contributed by atoms with van der Waals surface area (Å²) in [6.07, 6.45) is -0.00533. The first-order chi connectivity index (χ1) is 21.7. The highest BCUT2D eigenvalue weighted by Crippen LogP contribution is 2.53. The Labute approximate surface area is 271 Å². The number of ether oxygens (including phenoxy) is 3. The third kappa shape index (κ3) is 6.30. The average Bonchev–Trinajstić information content (AvgIpc) is 3.44. The molecule has 232 valence electrons. The van der Waals surface area contributed by atoms with E-state index in [2.05, 4.69) is 15.9 Å². The first-order valence-corrected chi connectivity index (χ1v) is 15.5. The van der Waals surface area contributed by atoms with E-state index in [-0.39, 0.29) is 25.0 Å². The number of methoxy groups -OCH3 is 3. The first kappa shape index (κ1) is 32.1. The van der Waals surface area contributed by atoms with Gasteiger partial charge in [-0.2, -0.15) is 0 Å². The van der Waals surface area contributed by atoms with Crippen LogP contribution in [0, 0.1) is 5.41 Å². The Hall–Kier alpha value is -4.27. The van der Waals surface area contributed by atoms with Gasteiger partial charge in [0.2, 0.25) is 0 Å². The number of benzene rings is 3. The zero-order valence-corrected chi connectivity index (χ0v) is 27.3. The van der Waals surface area contributed by atoms with E-state index in [9.17, 15) is 14.4 Å². The van der Waals surface area contributed by atoms with Crippen LogP contribution in [0.2, 0.25) is 0 Å².